The molecule has 1 saturated heterocycles. The van der Waals surface area contributed by atoms with E-state index in [1.165, 1.54) is 38.5 Å². The number of fused-ring (bicyclic) bond motifs is 3. The lowest BCUT2D eigenvalue weighted by atomic mass is 9.45. The Hall–Kier alpha value is -1.85. The first-order valence-corrected chi connectivity index (χ1v) is 12.1. The van der Waals surface area contributed by atoms with Gasteiger partial charge >= 0.3 is 0 Å². The summed E-state index contributed by atoms with van der Waals surface area (Å²) in [7, 11) is 0. The maximum Gasteiger partial charge on any atom is 0.246 e. The van der Waals surface area contributed by atoms with Gasteiger partial charge in [0.25, 0.3) is 0 Å². The molecule has 4 saturated carbocycles. The highest BCUT2D eigenvalue weighted by Gasteiger charge is 2.57. The lowest BCUT2D eigenvalue weighted by molar-refractivity contribution is -0.123. The van der Waals surface area contributed by atoms with Crippen LogP contribution in [0.5, 0.6) is 0 Å². The van der Waals surface area contributed by atoms with E-state index in [1.54, 1.807) is 0 Å². The largest absolute Gasteiger partial charge is 0.354 e. The van der Waals surface area contributed by atoms with Gasteiger partial charge in [0.1, 0.15) is 11.4 Å². The van der Waals surface area contributed by atoms with Gasteiger partial charge in [-0.25, -0.2) is 4.98 Å². The highest BCUT2D eigenvalue weighted by atomic mass is 16.2. The molecule has 6 nitrogen and oxygen atoms in total. The highest BCUT2D eigenvalue weighted by molar-refractivity contribution is 5.94. The third-order valence-corrected chi connectivity index (χ3v) is 9.62. The van der Waals surface area contributed by atoms with E-state index >= 15 is 0 Å². The van der Waals surface area contributed by atoms with E-state index in [2.05, 4.69) is 36.3 Å². The summed E-state index contributed by atoms with van der Waals surface area (Å²) in [4.78, 5) is 25.2. The minimum absolute atomic E-state index is 0.185. The number of rotatable bonds is 3. The summed E-state index contributed by atoms with van der Waals surface area (Å²) >= 11 is 0. The Balaban J connectivity index is 1.29. The SMILES string of the molecule is C[C@@H]1[C@@H](Nc2ncc3c(n2)N(C2CCCC2)C2(CCNC2=O)C3)CC2C[C@@H]1C2(C)C. The van der Waals surface area contributed by atoms with Crippen LogP contribution in [0.25, 0.3) is 0 Å². The summed E-state index contributed by atoms with van der Waals surface area (Å²) in [6, 6.07) is 0.879. The van der Waals surface area contributed by atoms with E-state index in [-0.39, 0.29) is 5.91 Å². The predicted molar refractivity (Wildman–Crippen MR) is 117 cm³/mol. The van der Waals surface area contributed by atoms with Gasteiger partial charge in [-0.3, -0.25) is 4.79 Å². The standard InChI is InChI=1S/C24H35N5O/c1-14-18-10-16(23(18,2)3)11-19(14)27-22-26-13-15-12-24(8-9-25-21(24)30)29(20(15)28-22)17-6-4-5-7-17/h13-14,16-19H,4-12H2,1-3H3,(H,25,30)(H,26,27,28)/t14-,16?,18-,19-,24?/m0/s1. The van der Waals surface area contributed by atoms with Crippen LogP contribution in [0.15, 0.2) is 6.20 Å². The molecule has 0 aromatic carbocycles. The van der Waals surface area contributed by atoms with E-state index in [0.29, 0.717) is 23.4 Å². The molecule has 2 unspecified atom stereocenters. The summed E-state index contributed by atoms with van der Waals surface area (Å²) in [5.74, 6) is 4.20. The number of nitrogens with zero attached hydrogens (tertiary/aromatic N) is 3. The molecule has 5 fully saturated rings. The zero-order valence-electron chi connectivity index (χ0n) is 18.6. The van der Waals surface area contributed by atoms with Gasteiger partial charge in [-0.15, -0.1) is 0 Å². The molecule has 1 aromatic heterocycles. The second kappa shape index (κ2) is 6.33. The second-order valence-electron chi connectivity index (χ2n) is 11.3. The monoisotopic (exact) mass is 409 g/mol. The molecular weight excluding hydrogens is 374 g/mol. The number of hydrogen-bond acceptors (Lipinski definition) is 5. The first kappa shape index (κ1) is 18.9. The van der Waals surface area contributed by atoms with Crippen LogP contribution in [0.1, 0.15) is 71.3 Å². The minimum Gasteiger partial charge on any atom is -0.354 e. The summed E-state index contributed by atoms with van der Waals surface area (Å²) < 4.78 is 0. The molecule has 6 heteroatoms. The van der Waals surface area contributed by atoms with Crippen LogP contribution in [0, 0.1) is 23.2 Å². The number of anilines is 2. The first-order valence-electron chi connectivity index (χ1n) is 12.1. The van der Waals surface area contributed by atoms with Crippen LogP contribution in [-0.4, -0.2) is 40.0 Å². The van der Waals surface area contributed by atoms with E-state index in [1.807, 2.05) is 6.20 Å². The zero-order valence-corrected chi connectivity index (χ0v) is 18.6. The molecule has 1 amide bonds. The van der Waals surface area contributed by atoms with Crippen molar-refractivity contribution in [2.24, 2.45) is 23.2 Å². The molecule has 1 aromatic rings. The lowest BCUT2D eigenvalue weighted by Gasteiger charge is -2.62. The molecule has 2 bridgehead atoms. The van der Waals surface area contributed by atoms with Gasteiger partial charge in [0.15, 0.2) is 0 Å². The Bertz CT molecular complexity index is 878. The first-order chi connectivity index (χ1) is 14.4. The van der Waals surface area contributed by atoms with Gasteiger partial charge in [-0.1, -0.05) is 33.6 Å². The molecule has 0 radical (unpaired) electrons. The van der Waals surface area contributed by atoms with Crippen molar-refractivity contribution in [3.63, 3.8) is 0 Å². The van der Waals surface area contributed by atoms with E-state index in [9.17, 15) is 4.79 Å². The van der Waals surface area contributed by atoms with Crippen molar-refractivity contribution in [3.05, 3.63) is 11.8 Å². The van der Waals surface area contributed by atoms with Gasteiger partial charge in [-0.2, -0.15) is 4.98 Å². The summed E-state index contributed by atoms with van der Waals surface area (Å²) in [5, 5.41) is 6.81. The number of carbonyl (C=O) groups is 1. The molecule has 162 valence electrons. The molecule has 5 atom stereocenters. The zero-order chi connectivity index (χ0) is 20.7. The Labute approximate surface area is 179 Å². The fraction of sp³-hybridized carbons (Fsp3) is 0.792. The number of amides is 1. The van der Waals surface area contributed by atoms with Crippen LogP contribution in [0.4, 0.5) is 11.8 Å². The maximum atomic E-state index is 13.0. The van der Waals surface area contributed by atoms with Gasteiger partial charge in [-0.05, 0) is 55.3 Å². The van der Waals surface area contributed by atoms with Crippen LogP contribution in [0.3, 0.4) is 0 Å². The molecule has 1 spiro atoms. The number of hydrogen-bond donors (Lipinski definition) is 2. The summed E-state index contributed by atoms with van der Waals surface area (Å²) in [6.45, 7) is 8.05. The Kier molecular flexibility index (Phi) is 3.99. The minimum atomic E-state index is -0.436. The molecule has 3 heterocycles. The van der Waals surface area contributed by atoms with Crippen LogP contribution in [0.2, 0.25) is 0 Å². The molecule has 4 aliphatic carbocycles. The third-order valence-electron chi connectivity index (χ3n) is 9.62. The molecule has 30 heavy (non-hydrogen) atoms. The van der Waals surface area contributed by atoms with Gasteiger partial charge in [0, 0.05) is 36.8 Å². The fourth-order valence-electron chi connectivity index (χ4n) is 7.65. The summed E-state index contributed by atoms with van der Waals surface area (Å²) in [6.07, 6.45) is 11.0. The quantitative estimate of drug-likeness (QED) is 0.799. The Morgan fingerprint density at radius 2 is 2.03 bits per heavy atom. The van der Waals surface area contributed by atoms with E-state index < -0.39 is 5.54 Å². The van der Waals surface area contributed by atoms with E-state index in [0.717, 1.165) is 48.6 Å². The van der Waals surface area contributed by atoms with Gasteiger partial charge < -0.3 is 15.5 Å². The number of nitrogens with one attached hydrogen (secondary N) is 2. The normalized spacial score (nSPS) is 39.2. The van der Waals surface area contributed by atoms with E-state index in [4.69, 9.17) is 9.97 Å². The van der Waals surface area contributed by atoms with Crippen molar-refractivity contribution in [1.82, 2.24) is 15.3 Å². The van der Waals surface area contributed by atoms with Gasteiger partial charge in [0.05, 0.1) is 0 Å². The van der Waals surface area contributed by atoms with Crippen molar-refractivity contribution < 1.29 is 4.79 Å². The van der Waals surface area contributed by atoms with Crippen LogP contribution in [-0.2, 0) is 11.2 Å². The van der Waals surface area contributed by atoms with Crippen LogP contribution < -0.4 is 15.5 Å². The van der Waals surface area contributed by atoms with Crippen molar-refractivity contribution in [3.8, 4) is 0 Å². The van der Waals surface area contributed by atoms with Crippen molar-refractivity contribution in [1.29, 1.82) is 0 Å². The molecule has 2 N–H and O–H groups in total. The average Bonchev–Trinajstić information content (AvgIpc) is 3.43. The second-order valence-corrected chi connectivity index (χ2v) is 11.3. The Morgan fingerprint density at radius 3 is 2.70 bits per heavy atom. The number of aromatic nitrogens is 2. The number of carbonyl (C=O) groups excluding carboxylic acids is 1. The lowest BCUT2D eigenvalue weighted by Crippen LogP contribution is -2.58. The molecule has 6 aliphatic rings. The molecule has 7 rings (SSSR count). The molecule has 2 aliphatic heterocycles. The fourth-order valence-corrected chi connectivity index (χ4v) is 7.65. The topological polar surface area (TPSA) is 70.2 Å². The summed E-state index contributed by atoms with van der Waals surface area (Å²) in [5.41, 5.74) is 1.19. The maximum absolute atomic E-state index is 13.0. The predicted octanol–water partition coefficient (Wildman–Crippen LogP) is 3.52. The van der Waals surface area contributed by atoms with Crippen molar-refractivity contribution in [2.75, 3.05) is 16.8 Å². The Morgan fingerprint density at radius 1 is 1.23 bits per heavy atom. The highest BCUT2D eigenvalue weighted by Crippen LogP contribution is 2.61. The van der Waals surface area contributed by atoms with Crippen molar-refractivity contribution >= 4 is 17.7 Å². The van der Waals surface area contributed by atoms with Crippen molar-refractivity contribution in [2.45, 2.75) is 89.8 Å². The third kappa shape index (κ3) is 2.45. The van der Waals surface area contributed by atoms with Gasteiger partial charge in [0.2, 0.25) is 11.9 Å². The average molecular weight is 410 g/mol. The smallest absolute Gasteiger partial charge is 0.246 e. The van der Waals surface area contributed by atoms with Crippen LogP contribution >= 0.6 is 0 Å². The molecular formula is C24H35N5O.